The Morgan fingerprint density at radius 2 is 2.24 bits per heavy atom. The third-order valence-corrected chi connectivity index (χ3v) is 3.14. The molecule has 94 valence electrons. The highest BCUT2D eigenvalue weighted by atomic mass is 19.1. The molecule has 1 aromatic carbocycles. The van der Waals surface area contributed by atoms with Crippen molar-refractivity contribution in [3.63, 3.8) is 0 Å². The van der Waals surface area contributed by atoms with Gasteiger partial charge >= 0.3 is 0 Å². The Morgan fingerprint density at radius 3 is 2.94 bits per heavy atom. The van der Waals surface area contributed by atoms with Crippen molar-refractivity contribution in [3.05, 3.63) is 35.6 Å². The molecule has 3 heteroatoms. The van der Waals surface area contributed by atoms with Gasteiger partial charge in [0.2, 0.25) is 0 Å². The van der Waals surface area contributed by atoms with Crippen molar-refractivity contribution in [1.82, 2.24) is 10.2 Å². The van der Waals surface area contributed by atoms with Gasteiger partial charge in [0.15, 0.2) is 0 Å². The highest BCUT2D eigenvalue weighted by molar-refractivity contribution is 5.15. The Labute approximate surface area is 103 Å². The minimum atomic E-state index is -0.150. The maximum absolute atomic E-state index is 13.0. The monoisotopic (exact) mass is 236 g/mol. The second-order valence-corrected chi connectivity index (χ2v) is 5.02. The standard InChI is InChI=1S/C14H21FN2/c1-17(8-7-16-10-12-5-6-12)11-13-3-2-4-14(15)9-13/h2-4,9,12,16H,5-8,10-11H2,1H3. The van der Waals surface area contributed by atoms with E-state index < -0.39 is 0 Å². The number of hydrogen-bond acceptors (Lipinski definition) is 2. The number of nitrogens with zero attached hydrogens (tertiary/aromatic N) is 1. The third-order valence-electron chi connectivity index (χ3n) is 3.14. The Bertz CT molecular complexity index is 350. The van der Waals surface area contributed by atoms with Crippen LogP contribution in [0.5, 0.6) is 0 Å². The first-order valence-corrected chi connectivity index (χ1v) is 6.38. The summed E-state index contributed by atoms with van der Waals surface area (Å²) in [5.41, 5.74) is 1.04. The number of likely N-dealkylation sites (N-methyl/N-ethyl adjacent to an activating group) is 1. The number of rotatable bonds is 7. The van der Waals surface area contributed by atoms with Gasteiger partial charge in [-0.25, -0.2) is 4.39 Å². The van der Waals surface area contributed by atoms with Gasteiger partial charge in [-0.1, -0.05) is 12.1 Å². The maximum atomic E-state index is 13.0. The van der Waals surface area contributed by atoms with Crippen molar-refractivity contribution in [3.8, 4) is 0 Å². The van der Waals surface area contributed by atoms with Crippen LogP contribution in [0, 0.1) is 11.7 Å². The molecule has 2 nitrogen and oxygen atoms in total. The molecule has 0 aromatic heterocycles. The van der Waals surface area contributed by atoms with Gasteiger partial charge < -0.3 is 10.2 Å². The predicted molar refractivity (Wildman–Crippen MR) is 68.3 cm³/mol. The largest absolute Gasteiger partial charge is 0.315 e. The summed E-state index contributed by atoms with van der Waals surface area (Å²) in [6, 6.07) is 6.83. The molecule has 1 fully saturated rings. The number of nitrogens with one attached hydrogen (secondary N) is 1. The molecule has 0 amide bonds. The highest BCUT2D eigenvalue weighted by Gasteiger charge is 2.19. The lowest BCUT2D eigenvalue weighted by molar-refractivity contribution is 0.323. The molecular formula is C14H21FN2. The van der Waals surface area contributed by atoms with E-state index in [2.05, 4.69) is 17.3 Å². The number of benzene rings is 1. The molecule has 1 aliphatic carbocycles. The summed E-state index contributed by atoms with van der Waals surface area (Å²) < 4.78 is 13.0. The van der Waals surface area contributed by atoms with Crippen molar-refractivity contribution < 1.29 is 4.39 Å². The zero-order valence-corrected chi connectivity index (χ0v) is 10.5. The van der Waals surface area contributed by atoms with E-state index in [0.29, 0.717) is 0 Å². The average molecular weight is 236 g/mol. The Morgan fingerprint density at radius 1 is 1.41 bits per heavy atom. The maximum Gasteiger partial charge on any atom is 0.123 e. The molecule has 0 atom stereocenters. The average Bonchev–Trinajstić information content (AvgIpc) is 3.08. The van der Waals surface area contributed by atoms with Gasteiger partial charge in [-0.2, -0.15) is 0 Å². The van der Waals surface area contributed by atoms with Crippen LogP contribution >= 0.6 is 0 Å². The molecule has 1 aromatic rings. The lowest BCUT2D eigenvalue weighted by Gasteiger charge is -2.17. The highest BCUT2D eigenvalue weighted by Crippen LogP contribution is 2.27. The molecule has 17 heavy (non-hydrogen) atoms. The van der Waals surface area contributed by atoms with Gasteiger partial charge in [-0.05, 0) is 50.0 Å². The first-order valence-electron chi connectivity index (χ1n) is 6.38. The van der Waals surface area contributed by atoms with Gasteiger partial charge in [0.1, 0.15) is 5.82 Å². The van der Waals surface area contributed by atoms with Crippen LogP contribution in [-0.4, -0.2) is 31.6 Å². The van der Waals surface area contributed by atoms with E-state index in [1.807, 2.05) is 6.07 Å². The summed E-state index contributed by atoms with van der Waals surface area (Å²) in [5.74, 6) is 0.784. The molecule has 0 saturated heterocycles. The molecule has 0 spiro atoms. The normalized spacial score (nSPS) is 15.5. The van der Waals surface area contributed by atoms with E-state index in [1.54, 1.807) is 12.1 Å². The topological polar surface area (TPSA) is 15.3 Å². The SMILES string of the molecule is CN(CCNCC1CC1)Cc1cccc(F)c1. The van der Waals surface area contributed by atoms with E-state index in [4.69, 9.17) is 0 Å². The van der Waals surface area contributed by atoms with Gasteiger partial charge in [-0.3, -0.25) is 0 Å². The molecule has 0 radical (unpaired) electrons. The molecule has 0 aliphatic heterocycles. The molecule has 1 saturated carbocycles. The van der Waals surface area contributed by atoms with Crippen LogP contribution in [0.2, 0.25) is 0 Å². The summed E-state index contributed by atoms with van der Waals surface area (Å²) in [7, 11) is 2.07. The van der Waals surface area contributed by atoms with Crippen LogP contribution in [0.4, 0.5) is 4.39 Å². The fourth-order valence-corrected chi connectivity index (χ4v) is 1.92. The van der Waals surface area contributed by atoms with E-state index >= 15 is 0 Å². The van der Waals surface area contributed by atoms with E-state index in [1.165, 1.54) is 18.9 Å². The second kappa shape index (κ2) is 6.12. The molecular weight excluding hydrogens is 215 g/mol. The van der Waals surface area contributed by atoms with Crippen molar-refractivity contribution in [2.45, 2.75) is 19.4 Å². The summed E-state index contributed by atoms with van der Waals surface area (Å²) in [6.45, 7) is 3.99. The zero-order valence-electron chi connectivity index (χ0n) is 10.5. The fourth-order valence-electron chi connectivity index (χ4n) is 1.92. The molecule has 1 aliphatic rings. The Kier molecular flexibility index (Phi) is 4.51. The van der Waals surface area contributed by atoms with E-state index in [0.717, 1.165) is 37.7 Å². The van der Waals surface area contributed by atoms with E-state index in [-0.39, 0.29) is 5.82 Å². The van der Waals surface area contributed by atoms with Crippen LogP contribution in [0.25, 0.3) is 0 Å². The fraction of sp³-hybridized carbons (Fsp3) is 0.571. The summed E-state index contributed by atoms with van der Waals surface area (Å²) in [5, 5.41) is 3.46. The lowest BCUT2D eigenvalue weighted by atomic mass is 10.2. The van der Waals surface area contributed by atoms with Gasteiger partial charge in [0, 0.05) is 19.6 Å². The number of hydrogen-bond donors (Lipinski definition) is 1. The van der Waals surface area contributed by atoms with Gasteiger partial charge in [0.25, 0.3) is 0 Å². The van der Waals surface area contributed by atoms with Crippen LogP contribution < -0.4 is 5.32 Å². The van der Waals surface area contributed by atoms with Gasteiger partial charge in [0.05, 0.1) is 0 Å². The molecule has 2 rings (SSSR count). The second-order valence-electron chi connectivity index (χ2n) is 5.02. The lowest BCUT2D eigenvalue weighted by Crippen LogP contribution is -2.30. The van der Waals surface area contributed by atoms with Crippen molar-refractivity contribution >= 4 is 0 Å². The van der Waals surface area contributed by atoms with Crippen molar-refractivity contribution in [1.29, 1.82) is 0 Å². The Hall–Kier alpha value is -0.930. The molecule has 0 unspecified atom stereocenters. The minimum absolute atomic E-state index is 0.150. The van der Waals surface area contributed by atoms with Crippen LogP contribution in [0.1, 0.15) is 18.4 Å². The first-order chi connectivity index (χ1) is 8.24. The van der Waals surface area contributed by atoms with E-state index in [9.17, 15) is 4.39 Å². The molecule has 0 heterocycles. The summed E-state index contributed by atoms with van der Waals surface area (Å²) >= 11 is 0. The minimum Gasteiger partial charge on any atom is -0.315 e. The van der Waals surface area contributed by atoms with Crippen LogP contribution in [0.3, 0.4) is 0 Å². The molecule has 1 N–H and O–H groups in total. The Balaban J connectivity index is 1.63. The van der Waals surface area contributed by atoms with Crippen molar-refractivity contribution in [2.75, 3.05) is 26.7 Å². The summed E-state index contributed by atoms with van der Waals surface area (Å²) in [4.78, 5) is 2.22. The van der Waals surface area contributed by atoms with Crippen LogP contribution in [-0.2, 0) is 6.54 Å². The summed E-state index contributed by atoms with van der Waals surface area (Å²) in [6.07, 6.45) is 2.79. The number of halogens is 1. The first kappa shape index (κ1) is 12.5. The van der Waals surface area contributed by atoms with Crippen molar-refractivity contribution in [2.24, 2.45) is 5.92 Å². The van der Waals surface area contributed by atoms with Gasteiger partial charge in [-0.15, -0.1) is 0 Å². The predicted octanol–water partition coefficient (Wildman–Crippen LogP) is 2.26. The third kappa shape index (κ3) is 4.84. The van der Waals surface area contributed by atoms with Crippen LogP contribution in [0.15, 0.2) is 24.3 Å². The smallest absolute Gasteiger partial charge is 0.123 e. The molecule has 0 bridgehead atoms. The quantitative estimate of drug-likeness (QED) is 0.731. The zero-order chi connectivity index (χ0) is 12.1.